The van der Waals surface area contributed by atoms with E-state index in [0.717, 1.165) is 44.9 Å². The lowest BCUT2D eigenvalue weighted by Gasteiger charge is -2.04. The number of azide groups is 1. The number of hydrogen-bond donors (Lipinski definition) is 0. The van der Waals surface area contributed by atoms with Gasteiger partial charge in [0.25, 0.3) is 0 Å². The second kappa shape index (κ2) is 25.7. The fourth-order valence-electron chi connectivity index (χ4n) is 3.90. The standard InChI is InChI=1S/C26H49N3O3/c1-2-3-4-5-6-7-8-10-13-16-19-22-25(30)32-26(31)23-20-17-14-11-9-12-15-18-21-24-28-29-27/h2-24H2,1H3. The number of unbranched alkanes of at least 4 members (excludes halogenated alkanes) is 18. The average Bonchev–Trinajstić information content (AvgIpc) is 2.78. The highest BCUT2D eigenvalue weighted by Crippen LogP contribution is 2.13. The molecule has 0 radical (unpaired) electrons. The van der Waals surface area contributed by atoms with Crippen LogP contribution in [0.4, 0.5) is 0 Å². The van der Waals surface area contributed by atoms with Gasteiger partial charge in [-0.1, -0.05) is 121 Å². The Morgan fingerprint density at radius 1 is 0.594 bits per heavy atom. The maximum atomic E-state index is 11.8. The van der Waals surface area contributed by atoms with E-state index < -0.39 is 0 Å². The molecule has 0 saturated heterocycles. The summed E-state index contributed by atoms with van der Waals surface area (Å²) in [5, 5.41) is 3.53. The van der Waals surface area contributed by atoms with Crippen molar-refractivity contribution in [1.29, 1.82) is 0 Å². The highest BCUT2D eigenvalue weighted by atomic mass is 16.6. The molecule has 0 amide bonds. The molecule has 0 bridgehead atoms. The maximum absolute atomic E-state index is 11.8. The molecule has 0 aliphatic rings. The minimum absolute atomic E-state index is 0.351. The van der Waals surface area contributed by atoms with Crippen molar-refractivity contribution in [2.45, 2.75) is 148 Å². The van der Waals surface area contributed by atoms with Gasteiger partial charge in [-0.05, 0) is 24.8 Å². The van der Waals surface area contributed by atoms with E-state index in [1.807, 2.05) is 0 Å². The Morgan fingerprint density at radius 2 is 0.938 bits per heavy atom. The molecular weight excluding hydrogens is 402 g/mol. The molecule has 0 saturated carbocycles. The summed E-state index contributed by atoms with van der Waals surface area (Å²) in [7, 11) is 0. The number of rotatable bonds is 24. The predicted octanol–water partition coefficient (Wildman–Crippen LogP) is 8.97. The summed E-state index contributed by atoms with van der Waals surface area (Å²) in [5.74, 6) is -0.718. The Hall–Kier alpha value is -1.55. The van der Waals surface area contributed by atoms with Crippen LogP contribution in [0.25, 0.3) is 10.4 Å². The molecule has 6 nitrogen and oxygen atoms in total. The van der Waals surface area contributed by atoms with Crippen LogP contribution in [0.5, 0.6) is 0 Å². The van der Waals surface area contributed by atoms with Gasteiger partial charge in [0.15, 0.2) is 0 Å². The number of nitrogens with zero attached hydrogens (tertiary/aromatic N) is 3. The topological polar surface area (TPSA) is 92.1 Å². The van der Waals surface area contributed by atoms with E-state index in [2.05, 4.69) is 16.9 Å². The highest BCUT2D eigenvalue weighted by molar-refractivity contribution is 5.85. The van der Waals surface area contributed by atoms with Crippen molar-refractivity contribution in [3.05, 3.63) is 10.4 Å². The first-order valence-corrected chi connectivity index (χ1v) is 13.4. The average molecular weight is 452 g/mol. The number of carbonyl (C=O) groups is 2. The normalized spacial score (nSPS) is 10.7. The molecule has 0 spiro atoms. The molecule has 0 aromatic rings. The second-order valence-electron chi connectivity index (χ2n) is 9.02. The van der Waals surface area contributed by atoms with Gasteiger partial charge in [-0.15, -0.1) is 0 Å². The van der Waals surface area contributed by atoms with Crippen LogP contribution >= 0.6 is 0 Å². The molecule has 0 aliphatic heterocycles. The van der Waals surface area contributed by atoms with Gasteiger partial charge in [-0.25, -0.2) is 0 Å². The van der Waals surface area contributed by atoms with Crippen LogP contribution in [0.3, 0.4) is 0 Å². The first kappa shape index (κ1) is 30.4. The summed E-state index contributed by atoms with van der Waals surface area (Å²) in [5.41, 5.74) is 8.20. The molecule has 0 atom stereocenters. The Balaban J connectivity index is 3.32. The first-order valence-electron chi connectivity index (χ1n) is 13.4. The Labute approximate surface area is 196 Å². The third-order valence-electron chi connectivity index (χ3n) is 5.91. The molecule has 32 heavy (non-hydrogen) atoms. The molecule has 0 unspecified atom stereocenters. The van der Waals surface area contributed by atoms with Crippen LogP contribution < -0.4 is 0 Å². The van der Waals surface area contributed by atoms with Crippen molar-refractivity contribution >= 4 is 11.9 Å². The van der Waals surface area contributed by atoms with Crippen LogP contribution in [0.1, 0.15) is 148 Å². The molecule has 0 aliphatic carbocycles. The monoisotopic (exact) mass is 451 g/mol. The lowest BCUT2D eigenvalue weighted by atomic mass is 10.1. The lowest BCUT2D eigenvalue weighted by Crippen LogP contribution is -2.11. The van der Waals surface area contributed by atoms with Crippen molar-refractivity contribution in [1.82, 2.24) is 0 Å². The number of carbonyl (C=O) groups excluding carboxylic acids is 2. The Morgan fingerprint density at radius 3 is 1.31 bits per heavy atom. The Kier molecular flexibility index (Phi) is 24.5. The first-order chi connectivity index (χ1) is 15.7. The number of esters is 2. The fraction of sp³-hybridized carbons (Fsp3) is 0.923. The highest BCUT2D eigenvalue weighted by Gasteiger charge is 2.09. The van der Waals surface area contributed by atoms with Crippen LogP contribution in [0.2, 0.25) is 0 Å². The quantitative estimate of drug-likeness (QED) is 0.0366. The van der Waals surface area contributed by atoms with Crippen molar-refractivity contribution in [3.63, 3.8) is 0 Å². The van der Waals surface area contributed by atoms with Gasteiger partial charge in [0, 0.05) is 24.3 Å². The van der Waals surface area contributed by atoms with Crippen molar-refractivity contribution in [2.24, 2.45) is 5.11 Å². The zero-order valence-electron chi connectivity index (χ0n) is 20.8. The third-order valence-corrected chi connectivity index (χ3v) is 5.91. The zero-order chi connectivity index (χ0) is 23.5. The molecule has 0 N–H and O–H groups in total. The summed E-state index contributed by atoms with van der Waals surface area (Å²) >= 11 is 0. The van der Waals surface area contributed by atoms with Gasteiger partial charge in [-0.2, -0.15) is 0 Å². The SMILES string of the molecule is CCCCCCCCCCCCCC(=O)OC(=O)CCCCCCCCCCCN=[N+]=[N-]. The minimum atomic E-state index is -0.363. The van der Waals surface area contributed by atoms with Gasteiger partial charge >= 0.3 is 11.9 Å². The van der Waals surface area contributed by atoms with Crippen molar-refractivity contribution in [2.75, 3.05) is 6.54 Å². The smallest absolute Gasteiger partial charge is 0.313 e. The zero-order valence-corrected chi connectivity index (χ0v) is 20.8. The second-order valence-corrected chi connectivity index (χ2v) is 9.02. The number of ether oxygens (including phenoxy) is 1. The summed E-state index contributed by atoms with van der Waals surface area (Å²) in [6.07, 6.45) is 24.3. The van der Waals surface area contributed by atoms with E-state index in [-0.39, 0.29) is 11.9 Å². The minimum Gasteiger partial charge on any atom is -0.393 e. The van der Waals surface area contributed by atoms with Crippen molar-refractivity contribution in [3.8, 4) is 0 Å². The molecule has 0 aromatic heterocycles. The summed E-state index contributed by atoms with van der Waals surface area (Å²) in [4.78, 5) is 26.3. The van der Waals surface area contributed by atoms with E-state index in [0.29, 0.717) is 19.4 Å². The molecule has 186 valence electrons. The van der Waals surface area contributed by atoms with Gasteiger partial charge in [-0.3, -0.25) is 9.59 Å². The van der Waals surface area contributed by atoms with E-state index in [4.69, 9.17) is 10.3 Å². The summed E-state index contributed by atoms with van der Waals surface area (Å²) < 4.78 is 4.93. The van der Waals surface area contributed by atoms with E-state index in [9.17, 15) is 9.59 Å². The van der Waals surface area contributed by atoms with Crippen LogP contribution in [-0.4, -0.2) is 18.5 Å². The van der Waals surface area contributed by atoms with E-state index >= 15 is 0 Å². The largest absolute Gasteiger partial charge is 0.393 e. The van der Waals surface area contributed by atoms with Crippen LogP contribution in [0.15, 0.2) is 5.11 Å². The molecule has 0 rings (SSSR count). The van der Waals surface area contributed by atoms with Gasteiger partial charge in [0.2, 0.25) is 0 Å². The van der Waals surface area contributed by atoms with Gasteiger partial charge < -0.3 is 4.74 Å². The lowest BCUT2D eigenvalue weighted by molar-refractivity contribution is -0.159. The molecule has 0 fully saturated rings. The van der Waals surface area contributed by atoms with E-state index in [1.165, 1.54) is 83.5 Å². The van der Waals surface area contributed by atoms with Gasteiger partial charge in [0.05, 0.1) is 0 Å². The van der Waals surface area contributed by atoms with Crippen LogP contribution in [-0.2, 0) is 14.3 Å². The number of hydrogen-bond acceptors (Lipinski definition) is 4. The summed E-state index contributed by atoms with van der Waals surface area (Å²) in [6, 6.07) is 0. The summed E-state index contributed by atoms with van der Waals surface area (Å²) in [6.45, 7) is 2.85. The molecule has 0 heterocycles. The van der Waals surface area contributed by atoms with Gasteiger partial charge in [0.1, 0.15) is 0 Å². The maximum Gasteiger partial charge on any atom is 0.313 e. The fourth-order valence-corrected chi connectivity index (χ4v) is 3.90. The molecule has 0 aromatic carbocycles. The Bertz CT molecular complexity index is 491. The molecular formula is C26H49N3O3. The predicted molar refractivity (Wildman–Crippen MR) is 132 cm³/mol. The van der Waals surface area contributed by atoms with Crippen molar-refractivity contribution < 1.29 is 14.3 Å². The van der Waals surface area contributed by atoms with Crippen LogP contribution in [0, 0.1) is 0 Å². The third kappa shape index (κ3) is 24.7. The van der Waals surface area contributed by atoms with E-state index in [1.54, 1.807) is 0 Å². The molecule has 6 heteroatoms.